The minimum Gasteiger partial charge on any atom is -0.481 e. The predicted octanol–water partition coefficient (Wildman–Crippen LogP) is 3.00. The summed E-state index contributed by atoms with van der Waals surface area (Å²) in [5, 5.41) is 3.51. The van der Waals surface area contributed by atoms with Crippen molar-refractivity contribution in [3.63, 3.8) is 0 Å². The molecule has 0 radical (unpaired) electrons. The molecular weight excluding hydrogens is 212 g/mol. The van der Waals surface area contributed by atoms with Gasteiger partial charge in [-0.15, -0.1) is 0 Å². The zero-order valence-electron chi connectivity index (χ0n) is 11.4. The standard InChI is InChI=1S/C14H24N2O/c1-11(2)7-8-12(3)16-10-13-6-5-9-15-14(13)17-4/h5-6,9,11-12,16H,7-8,10H2,1-4H3. The van der Waals surface area contributed by atoms with Gasteiger partial charge in [-0.2, -0.15) is 0 Å². The minimum absolute atomic E-state index is 0.530. The first-order chi connectivity index (χ1) is 8.13. The summed E-state index contributed by atoms with van der Waals surface area (Å²) in [7, 11) is 1.66. The second-order valence-corrected chi connectivity index (χ2v) is 4.92. The van der Waals surface area contributed by atoms with Crippen LogP contribution in [0.5, 0.6) is 5.88 Å². The fraction of sp³-hybridized carbons (Fsp3) is 0.643. The van der Waals surface area contributed by atoms with Crippen molar-refractivity contribution >= 4 is 0 Å². The summed E-state index contributed by atoms with van der Waals surface area (Å²) in [6.45, 7) is 7.56. The summed E-state index contributed by atoms with van der Waals surface area (Å²) in [4.78, 5) is 4.19. The highest BCUT2D eigenvalue weighted by Crippen LogP contribution is 2.14. The third kappa shape index (κ3) is 5.18. The van der Waals surface area contributed by atoms with Crippen LogP contribution >= 0.6 is 0 Å². The van der Waals surface area contributed by atoms with E-state index in [-0.39, 0.29) is 0 Å². The second-order valence-electron chi connectivity index (χ2n) is 4.92. The van der Waals surface area contributed by atoms with Gasteiger partial charge in [0.2, 0.25) is 5.88 Å². The van der Waals surface area contributed by atoms with Crippen LogP contribution in [0, 0.1) is 5.92 Å². The van der Waals surface area contributed by atoms with E-state index in [2.05, 4.69) is 31.1 Å². The Balaban J connectivity index is 2.39. The number of nitrogens with one attached hydrogen (secondary N) is 1. The van der Waals surface area contributed by atoms with Gasteiger partial charge < -0.3 is 10.1 Å². The maximum atomic E-state index is 5.22. The topological polar surface area (TPSA) is 34.1 Å². The second kappa shape index (κ2) is 7.28. The van der Waals surface area contributed by atoms with Crippen LogP contribution in [0.1, 0.15) is 39.2 Å². The highest BCUT2D eigenvalue weighted by atomic mass is 16.5. The third-order valence-corrected chi connectivity index (χ3v) is 2.86. The van der Waals surface area contributed by atoms with E-state index in [4.69, 9.17) is 4.74 Å². The summed E-state index contributed by atoms with van der Waals surface area (Å²) in [6.07, 6.45) is 4.23. The quantitative estimate of drug-likeness (QED) is 0.790. The normalized spacial score (nSPS) is 12.8. The Morgan fingerprint density at radius 3 is 2.71 bits per heavy atom. The maximum absolute atomic E-state index is 5.22. The number of ether oxygens (including phenoxy) is 1. The molecule has 0 aliphatic carbocycles. The molecule has 0 aromatic carbocycles. The lowest BCUT2D eigenvalue weighted by Gasteiger charge is -2.15. The molecule has 1 atom stereocenters. The smallest absolute Gasteiger partial charge is 0.217 e. The molecule has 3 nitrogen and oxygen atoms in total. The van der Waals surface area contributed by atoms with Crippen LogP contribution in [0.15, 0.2) is 18.3 Å². The van der Waals surface area contributed by atoms with Crippen molar-refractivity contribution in [2.75, 3.05) is 7.11 Å². The van der Waals surface area contributed by atoms with Gasteiger partial charge >= 0.3 is 0 Å². The monoisotopic (exact) mass is 236 g/mol. The largest absolute Gasteiger partial charge is 0.481 e. The van der Waals surface area contributed by atoms with Crippen LogP contribution in [0.3, 0.4) is 0 Å². The van der Waals surface area contributed by atoms with E-state index in [9.17, 15) is 0 Å². The molecule has 1 aromatic heterocycles. The highest BCUT2D eigenvalue weighted by Gasteiger charge is 2.06. The summed E-state index contributed by atoms with van der Waals surface area (Å²) < 4.78 is 5.22. The molecule has 0 spiro atoms. The number of hydrogen-bond acceptors (Lipinski definition) is 3. The SMILES string of the molecule is COc1ncccc1CNC(C)CCC(C)C. The Kier molecular flexibility index (Phi) is 5.98. The van der Waals surface area contributed by atoms with Crippen molar-refractivity contribution in [1.82, 2.24) is 10.3 Å². The highest BCUT2D eigenvalue weighted by molar-refractivity contribution is 5.25. The van der Waals surface area contributed by atoms with Crippen molar-refractivity contribution in [3.05, 3.63) is 23.9 Å². The Hall–Kier alpha value is -1.09. The van der Waals surface area contributed by atoms with Crippen molar-refractivity contribution in [1.29, 1.82) is 0 Å². The van der Waals surface area contributed by atoms with E-state index >= 15 is 0 Å². The van der Waals surface area contributed by atoms with E-state index < -0.39 is 0 Å². The number of pyridine rings is 1. The van der Waals surface area contributed by atoms with Crippen molar-refractivity contribution in [3.8, 4) is 5.88 Å². The fourth-order valence-corrected chi connectivity index (χ4v) is 1.71. The van der Waals surface area contributed by atoms with E-state index in [0.29, 0.717) is 6.04 Å². The molecule has 0 aliphatic heterocycles. The molecule has 1 heterocycles. The maximum Gasteiger partial charge on any atom is 0.217 e. The molecule has 1 aromatic rings. The Morgan fingerprint density at radius 1 is 1.29 bits per heavy atom. The van der Waals surface area contributed by atoms with Crippen LogP contribution in [-0.2, 0) is 6.54 Å². The lowest BCUT2D eigenvalue weighted by Crippen LogP contribution is -2.26. The molecule has 0 saturated heterocycles. The molecule has 1 unspecified atom stereocenters. The lowest BCUT2D eigenvalue weighted by atomic mass is 10.0. The Labute approximate surface area is 105 Å². The van der Waals surface area contributed by atoms with Crippen LogP contribution in [0.4, 0.5) is 0 Å². The van der Waals surface area contributed by atoms with E-state index in [1.165, 1.54) is 12.8 Å². The van der Waals surface area contributed by atoms with E-state index in [1.807, 2.05) is 12.1 Å². The zero-order chi connectivity index (χ0) is 12.7. The van der Waals surface area contributed by atoms with E-state index in [0.717, 1.165) is 23.9 Å². The van der Waals surface area contributed by atoms with Gasteiger partial charge in [0.25, 0.3) is 0 Å². The Morgan fingerprint density at radius 2 is 2.06 bits per heavy atom. The van der Waals surface area contributed by atoms with Gasteiger partial charge in [-0.05, 0) is 31.7 Å². The average molecular weight is 236 g/mol. The van der Waals surface area contributed by atoms with Crippen molar-refractivity contribution < 1.29 is 4.74 Å². The van der Waals surface area contributed by atoms with Gasteiger partial charge in [0.1, 0.15) is 0 Å². The fourth-order valence-electron chi connectivity index (χ4n) is 1.71. The van der Waals surface area contributed by atoms with Gasteiger partial charge in [-0.1, -0.05) is 19.9 Å². The molecule has 0 amide bonds. The minimum atomic E-state index is 0.530. The Bertz CT molecular complexity index is 326. The molecule has 0 saturated carbocycles. The number of rotatable bonds is 7. The predicted molar refractivity (Wildman–Crippen MR) is 71.2 cm³/mol. The first-order valence-electron chi connectivity index (χ1n) is 6.34. The van der Waals surface area contributed by atoms with Crippen LogP contribution in [0.2, 0.25) is 0 Å². The molecule has 0 fully saturated rings. The molecule has 0 aliphatic rings. The molecule has 17 heavy (non-hydrogen) atoms. The van der Waals surface area contributed by atoms with Crippen molar-refractivity contribution in [2.24, 2.45) is 5.92 Å². The molecule has 96 valence electrons. The van der Waals surface area contributed by atoms with Crippen LogP contribution < -0.4 is 10.1 Å². The summed E-state index contributed by atoms with van der Waals surface area (Å²) >= 11 is 0. The number of hydrogen-bond donors (Lipinski definition) is 1. The summed E-state index contributed by atoms with van der Waals surface area (Å²) in [6, 6.07) is 4.52. The van der Waals surface area contributed by atoms with E-state index in [1.54, 1.807) is 13.3 Å². The molecule has 3 heteroatoms. The van der Waals surface area contributed by atoms with Gasteiger partial charge in [0, 0.05) is 24.3 Å². The third-order valence-electron chi connectivity index (χ3n) is 2.86. The zero-order valence-corrected chi connectivity index (χ0v) is 11.4. The van der Waals surface area contributed by atoms with Crippen molar-refractivity contribution in [2.45, 2.75) is 46.2 Å². The first kappa shape index (κ1) is 14.0. The van der Waals surface area contributed by atoms with Gasteiger partial charge in [-0.25, -0.2) is 4.98 Å². The van der Waals surface area contributed by atoms with Gasteiger partial charge in [0.05, 0.1) is 7.11 Å². The summed E-state index contributed by atoms with van der Waals surface area (Å²) in [5.41, 5.74) is 1.12. The van der Waals surface area contributed by atoms with Crippen LogP contribution in [0.25, 0.3) is 0 Å². The number of nitrogens with zero attached hydrogens (tertiary/aromatic N) is 1. The molecule has 0 bridgehead atoms. The number of methoxy groups -OCH3 is 1. The number of aromatic nitrogens is 1. The molecule has 1 N–H and O–H groups in total. The van der Waals surface area contributed by atoms with Crippen LogP contribution in [-0.4, -0.2) is 18.1 Å². The van der Waals surface area contributed by atoms with Gasteiger partial charge in [0.15, 0.2) is 0 Å². The van der Waals surface area contributed by atoms with Gasteiger partial charge in [-0.3, -0.25) is 0 Å². The summed E-state index contributed by atoms with van der Waals surface area (Å²) in [5.74, 6) is 1.49. The lowest BCUT2D eigenvalue weighted by molar-refractivity contribution is 0.386. The first-order valence-corrected chi connectivity index (χ1v) is 6.34. The molecular formula is C14H24N2O. The average Bonchev–Trinajstić information content (AvgIpc) is 2.34. The molecule has 1 rings (SSSR count).